The molecule has 2 aromatic carbocycles. The summed E-state index contributed by atoms with van der Waals surface area (Å²) in [6, 6.07) is 12.3. The molecule has 1 atom stereocenters. The van der Waals surface area contributed by atoms with Gasteiger partial charge in [0.05, 0.1) is 18.4 Å². The highest BCUT2D eigenvalue weighted by Crippen LogP contribution is 2.37. The zero-order chi connectivity index (χ0) is 21.3. The number of anilines is 1. The number of halogens is 1. The van der Waals surface area contributed by atoms with Crippen LogP contribution in [0.5, 0.6) is 5.75 Å². The quantitative estimate of drug-likeness (QED) is 0.768. The Labute approximate surface area is 174 Å². The number of hydrogen-bond acceptors (Lipinski definition) is 5. The first-order chi connectivity index (χ1) is 14.5. The Morgan fingerprint density at radius 2 is 1.90 bits per heavy atom. The summed E-state index contributed by atoms with van der Waals surface area (Å²) >= 11 is 0. The van der Waals surface area contributed by atoms with E-state index in [0.29, 0.717) is 35.8 Å². The Morgan fingerprint density at radius 3 is 2.60 bits per heavy atom. The van der Waals surface area contributed by atoms with Gasteiger partial charge in [-0.3, -0.25) is 9.59 Å². The van der Waals surface area contributed by atoms with Crippen molar-refractivity contribution in [2.45, 2.75) is 12.8 Å². The number of carbonyl (C=O) groups is 2. The van der Waals surface area contributed by atoms with Crippen molar-refractivity contribution in [2.24, 2.45) is 5.92 Å². The molecule has 2 aliphatic rings. The van der Waals surface area contributed by atoms with Crippen molar-refractivity contribution >= 4 is 23.1 Å². The summed E-state index contributed by atoms with van der Waals surface area (Å²) in [6.07, 6.45) is 1.68. The molecule has 0 bridgehead atoms. The zero-order valence-electron chi connectivity index (χ0n) is 16.7. The van der Waals surface area contributed by atoms with E-state index in [2.05, 4.69) is 0 Å². The number of methoxy groups -OCH3 is 1. The minimum absolute atomic E-state index is 0.0252. The first kappa shape index (κ1) is 20.1. The minimum atomic E-state index is -0.457. The van der Waals surface area contributed by atoms with Crippen LogP contribution in [0.1, 0.15) is 18.4 Å². The highest BCUT2D eigenvalue weighted by Gasteiger charge is 2.43. The van der Waals surface area contributed by atoms with Crippen LogP contribution in [-0.2, 0) is 9.59 Å². The molecule has 1 saturated heterocycles. The third-order valence-corrected chi connectivity index (χ3v) is 5.60. The zero-order valence-corrected chi connectivity index (χ0v) is 16.7. The number of benzene rings is 2. The first-order valence-corrected chi connectivity index (χ1v) is 9.92. The summed E-state index contributed by atoms with van der Waals surface area (Å²) in [5.41, 5.74) is 1.45. The molecule has 30 heavy (non-hydrogen) atoms. The lowest BCUT2D eigenvalue weighted by molar-refractivity contribution is -0.120. The molecule has 0 aromatic heterocycles. The maximum Gasteiger partial charge on any atom is 0.282 e. The van der Waals surface area contributed by atoms with Gasteiger partial charge in [-0.15, -0.1) is 0 Å². The summed E-state index contributed by atoms with van der Waals surface area (Å²) in [6.45, 7) is 1.13. The van der Waals surface area contributed by atoms with Gasteiger partial charge in [-0.2, -0.15) is 0 Å². The van der Waals surface area contributed by atoms with Crippen molar-refractivity contribution in [3.05, 3.63) is 65.6 Å². The fourth-order valence-electron chi connectivity index (χ4n) is 4.09. The standard InChI is InChI=1S/C23H23FN2O4/c1-30-19-6-2-5-18(12-19)26-22(28)20(16-7-9-17(24)10-8-16)21(23(26)29)25-11-3-4-15(13-25)14-27/h2,5-10,12,15,27H,3-4,11,13-14H2,1H3. The Bertz CT molecular complexity index is 1000. The number of aliphatic hydroxyl groups excluding tert-OH is 1. The number of rotatable bonds is 5. The van der Waals surface area contributed by atoms with E-state index in [1.807, 2.05) is 4.90 Å². The molecule has 2 aromatic rings. The van der Waals surface area contributed by atoms with Gasteiger partial charge >= 0.3 is 0 Å². The maximum absolute atomic E-state index is 13.5. The molecule has 1 unspecified atom stereocenters. The van der Waals surface area contributed by atoms with Gasteiger partial charge in [0.2, 0.25) is 0 Å². The summed E-state index contributed by atoms with van der Waals surface area (Å²) in [5.74, 6) is -0.731. The molecular formula is C23H23FN2O4. The van der Waals surface area contributed by atoms with Crippen molar-refractivity contribution in [1.82, 2.24) is 4.90 Å². The van der Waals surface area contributed by atoms with Gasteiger partial charge in [-0.1, -0.05) is 18.2 Å². The molecule has 2 amide bonds. The summed E-state index contributed by atoms with van der Waals surface area (Å²) < 4.78 is 18.7. The van der Waals surface area contributed by atoms with E-state index in [0.717, 1.165) is 17.7 Å². The molecule has 4 rings (SSSR count). The third kappa shape index (κ3) is 3.57. The van der Waals surface area contributed by atoms with Crippen molar-refractivity contribution in [2.75, 3.05) is 31.7 Å². The lowest BCUT2D eigenvalue weighted by Crippen LogP contribution is -2.40. The molecule has 0 aliphatic carbocycles. The Hall–Kier alpha value is -3.19. The van der Waals surface area contributed by atoms with E-state index < -0.39 is 17.6 Å². The molecule has 0 saturated carbocycles. The highest BCUT2D eigenvalue weighted by molar-refractivity contribution is 6.45. The molecule has 0 radical (unpaired) electrons. The van der Waals surface area contributed by atoms with E-state index in [1.165, 1.54) is 31.4 Å². The number of nitrogens with zero attached hydrogens (tertiary/aromatic N) is 2. The average molecular weight is 410 g/mol. The number of amides is 2. The van der Waals surface area contributed by atoms with Crippen molar-refractivity contribution in [3.63, 3.8) is 0 Å². The van der Waals surface area contributed by atoms with Gasteiger partial charge in [0.1, 0.15) is 17.3 Å². The average Bonchev–Trinajstić information content (AvgIpc) is 3.04. The summed E-state index contributed by atoms with van der Waals surface area (Å²) in [5, 5.41) is 9.61. The van der Waals surface area contributed by atoms with Crippen LogP contribution in [0.2, 0.25) is 0 Å². The van der Waals surface area contributed by atoms with Crippen LogP contribution < -0.4 is 9.64 Å². The monoisotopic (exact) mass is 410 g/mol. The molecule has 1 N–H and O–H groups in total. The highest BCUT2D eigenvalue weighted by atomic mass is 19.1. The molecule has 156 valence electrons. The molecular weight excluding hydrogens is 387 g/mol. The van der Waals surface area contributed by atoms with E-state index in [1.54, 1.807) is 24.3 Å². The van der Waals surface area contributed by atoms with Gasteiger partial charge in [-0.25, -0.2) is 9.29 Å². The number of aliphatic hydroxyl groups is 1. The van der Waals surface area contributed by atoms with Crippen molar-refractivity contribution < 1.29 is 23.8 Å². The van der Waals surface area contributed by atoms with Gasteiger partial charge in [-0.05, 0) is 48.6 Å². The van der Waals surface area contributed by atoms with Crippen molar-refractivity contribution in [3.8, 4) is 5.75 Å². The normalized spacial score (nSPS) is 19.6. The van der Waals surface area contributed by atoms with E-state index in [4.69, 9.17) is 4.74 Å². The molecule has 1 fully saturated rings. The first-order valence-electron chi connectivity index (χ1n) is 9.92. The number of ether oxygens (including phenoxy) is 1. The minimum Gasteiger partial charge on any atom is -0.497 e. The van der Waals surface area contributed by atoms with Crippen LogP contribution in [-0.4, -0.2) is 48.6 Å². The fraction of sp³-hybridized carbons (Fsp3) is 0.304. The van der Waals surface area contributed by atoms with Gasteiger partial charge < -0.3 is 14.7 Å². The molecule has 6 nitrogen and oxygen atoms in total. The number of piperidine rings is 1. The van der Waals surface area contributed by atoms with E-state index in [-0.39, 0.29) is 18.1 Å². The Kier molecular flexibility index (Phi) is 5.55. The SMILES string of the molecule is COc1cccc(N2C(=O)C(c3ccc(F)cc3)=C(N3CCCC(CO)C3)C2=O)c1. The maximum atomic E-state index is 13.5. The summed E-state index contributed by atoms with van der Waals surface area (Å²) in [4.78, 5) is 29.9. The Balaban J connectivity index is 1.81. The van der Waals surface area contributed by atoms with Gasteiger partial charge in [0, 0.05) is 25.8 Å². The number of imide groups is 1. The molecule has 0 spiro atoms. The summed E-state index contributed by atoms with van der Waals surface area (Å²) in [7, 11) is 1.52. The molecule has 2 aliphatic heterocycles. The third-order valence-electron chi connectivity index (χ3n) is 5.60. The van der Waals surface area contributed by atoms with Crippen LogP contribution >= 0.6 is 0 Å². The largest absolute Gasteiger partial charge is 0.497 e. The van der Waals surface area contributed by atoms with Gasteiger partial charge in [0.25, 0.3) is 11.8 Å². The smallest absolute Gasteiger partial charge is 0.282 e. The lowest BCUT2D eigenvalue weighted by atomic mass is 9.97. The second-order valence-electron chi connectivity index (χ2n) is 7.51. The van der Waals surface area contributed by atoms with Crippen LogP contribution in [0.25, 0.3) is 5.57 Å². The topological polar surface area (TPSA) is 70.1 Å². The van der Waals surface area contributed by atoms with Crippen LogP contribution in [0.15, 0.2) is 54.2 Å². The predicted molar refractivity (Wildman–Crippen MR) is 110 cm³/mol. The Morgan fingerprint density at radius 1 is 1.13 bits per heavy atom. The fourth-order valence-corrected chi connectivity index (χ4v) is 4.09. The second kappa shape index (κ2) is 8.28. The van der Waals surface area contributed by atoms with Crippen LogP contribution in [0.3, 0.4) is 0 Å². The number of carbonyl (C=O) groups excluding carboxylic acids is 2. The molecule has 2 heterocycles. The predicted octanol–water partition coefficient (Wildman–Crippen LogP) is 2.82. The van der Waals surface area contributed by atoms with Gasteiger partial charge in [0.15, 0.2) is 0 Å². The van der Waals surface area contributed by atoms with Crippen LogP contribution in [0, 0.1) is 11.7 Å². The van der Waals surface area contributed by atoms with E-state index >= 15 is 0 Å². The van der Waals surface area contributed by atoms with Crippen molar-refractivity contribution in [1.29, 1.82) is 0 Å². The van der Waals surface area contributed by atoms with Crippen LogP contribution in [0.4, 0.5) is 10.1 Å². The number of likely N-dealkylation sites (tertiary alicyclic amines) is 1. The number of hydrogen-bond donors (Lipinski definition) is 1. The molecule has 7 heteroatoms. The lowest BCUT2D eigenvalue weighted by Gasteiger charge is -2.34. The van der Waals surface area contributed by atoms with E-state index in [9.17, 15) is 19.1 Å². The second-order valence-corrected chi connectivity index (χ2v) is 7.51.